The van der Waals surface area contributed by atoms with Gasteiger partial charge < -0.3 is 10.6 Å². The molecule has 0 aliphatic carbocycles. The average Bonchev–Trinajstić information content (AvgIpc) is 3.10. The van der Waals surface area contributed by atoms with Crippen LogP contribution in [0.2, 0.25) is 0 Å². The summed E-state index contributed by atoms with van der Waals surface area (Å²) in [5.74, 6) is 0.691. The molecule has 1 aromatic carbocycles. The van der Waals surface area contributed by atoms with Crippen LogP contribution in [0.1, 0.15) is 37.6 Å². The van der Waals surface area contributed by atoms with Crippen molar-refractivity contribution in [3.63, 3.8) is 0 Å². The molecule has 0 unspecified atom stereocenters. The van der Waals surface area contributed by atoms with E-state index in [0.717, 1.165) is 42.1 Å². The van der Waals surface area contributed by atoms with E-state index in [1.165, 1.54) is 11.1 Å². The highest BCUT2D eigenvalue weighted by Gasteiger charge is 2.20. The SMILES string of the molecule is C=CCn1c(=O)c2cnc(Nc3ccc4c(c3)CCNC4)cc2n1-c1ccnc(C(C)(C)C)c1. The van der Waals surface area contributed by atoms with Crippen molar-refractivity contribution in [3.05, 3.63) is 88.6 Å². The number of benzene rings is 1. The lowest BCUT2D eigenvalue weighted by molar-refractivity contribution is 0.563. The van der Waals surface area contributed by atoms with Gasteiger partial charge in [-0.25, -0.2) is 14.3 Å². The predicted molar refractivity (Wildman–Crippen MR) is 137 cm³/mol. The quantitative estimate of drug-likeness (QED) is 0.436. The molecule has 0 bridgehead atoms. The first-order valence-electron chi connectivity index (χ1n) is 11.6. The molecule has 3 aromatic heterocycles. The normalized spacial score (nSPS) is 13.6. The summed E-state index contributed by atoms with van der Waals surface area (Å²) in [4.78, 5) is 22.3. The molecule has 1 aliphatic heterocycles. The number of nitrogens with one attached hydrogen (secondary N) is 2. The number of aromatic nitrogens is 4. The molecule has 0 atom stereocenters. The first-order chi connectivity index (χ1) is 16.3. The van der Waals surface area contributed by atoms with Crippen molar-refractivity contribution >= 4 is 22.4 Å². The molecule has 4 heterocycles. The van der Waals surface area contributed by atoms with Crippen molar-refractivity contribution in [3.8, 4) is 5.69 Å². The lowest BCUT2D eigenvalue weighted by atomic mass is 9.91. The van der Waals surface area contributed by atoms with E-state index in [2.05, 4.69) is 66.2 Å². The summed E-state index contributed by atoms with van der Waals surface area (Å²) >= 11 is 0. The van der Waals surface area contributed by atoms with E-state index < -0.39 is 0 Å². The largest absolute Gasteiger partial charge is 0.340 e. The number of fused-ring (bicyclic) bond motifs is 2. The molecule has 174 valence electrons. The minimum Gasteiger partial charge on any atom is -0.340 e. The summed E-state index contributed by atoms with van der Waals surface area (Å²) in [6.45, 7) is 12.5. The number of allylic oxidation sites excluding steroid dienone is 1. The van der Waals surface area contributed by atoms with Gasteiger partial charge in [0, 0.05) is 41.8 Å². The molecule has 7 nitrogen and oxygen atoms in total. The molecule has 34 heavy (non-hydrogen) atoms. The van der Waals surface area contributed by atoms with Gasteiger partial charge in [-0.15, -0.1) is 6.58 Å². The third-order valence-corrected chi connectivity index (χ3v) is 6.24. The first-order valence-corrected chi connectivity index (χ1v) is 11.6. The van der Waals surface area contributed by atoms with Crippen molar-refractivity contribution in [2.45, 2.75) is 45.7 Å². The molecular formula is C27H30N6O. The van der Waals surface area contributed by atoms with Gasteiger partial charge >= 0.3 is 0 Å². The van der Waals surface area contributed by atoms with Gasteiger partial charge in [0.25, 0.3) is 5.56 Å². The van der Waals surface area contributed by atoms with Gasteiger partial charge in [0.2, 0.25) is 0 Å². The molecule has 0 saturated carbocycles. The Morgan fingerprint density at radius 3 is 2.79 bits per heavy atom. The Bertz CT molecular complexity index is 1440. The number of hydrogen-bond donors (Lipinski definition) is 2. The minimum absolute atomic E-state index is 0.0932. The van der Waals surface area contributed by atoms with E-state index in [-0.39, 0.29) is 11.0 Å². The summed E-state index contributed by atoms with van der Waals surface area (Å²) in [7, 11) is 0. The van der Waals surface area contributed by atoms with Crippen LogP contribution in [0.5, 0.6) is 0 Å². The van der Waals surface area contributed by atoms with Crippen molar-refractivity contribution in [1.29, 1.82) is 0 Å². The fourth-order valence-electron chi connectivity index (χ4n) is 4.44. The van der Waals surface area contributed by atoms with Crippen LogP contribution in [0.15, 0.2) is 66.2 Å². The topological polar surface area (TPSA) is 76.8 Å². The van der Waals surface area contributed by atoms with Crippen molar-refractivity contribution in [2.75, 3.05) is 11.9 Å². The van der Waals surface area contributed by atoms with Crippen molar-refractivity contribution < 1.29 is 0 Å². The molecule has 7 heteroatoms. The minimum atomic E-state index is -0.112. The Labute approximate surface area is 199 Å². The highest BCUT2D eigenvalue weighted by atomic mass is 16.1. The fraction of sp³-hybridized carbons (Fsp3) is 0.296. The van der Waals surface area contributed by atoms with Gasteiger partial charge in [0.15, 0.2) is 0 Å². The molecule has 5 rings (SSSR count). The Balaban J connectivity index is 1.62. The zero-order valence-corrected chi connectivity index (χ0v) is 19.9. The van der Waals surface area contributed by atoms with Crippen LogP contribution in [0.4, 0.5) is 11.5 Å². The molecular weight excluding hydrogens is 424 g/mol. The standard InChI is InChI=1S/C27H30N6O/c1-5-12-32-26(34)22-17-30-25(31-20-7-6-19-16-28-10-8-18(19)13-20)15-23(22)33(32)21-9-11-29-24(14-21)27(2,3)4/h5-7,9,11,13-15,17,28H,1,8,10,12,16H2,2-4H3,(H,30,31). The van der Waals surface area contributed by atoms with Gasteiger partial charge in [-0.1, -0.05) is 32.9 Å². The fourth-order valence-corrected chi connectivity index (χ4v) is 4.44. The van der Waals surface area contributed by atoms with Crippen molar-refractivity contribution in [2.24, 2.45) is 0 Å². The molecule has 4 aromatic rings. The number of anilines is 2. The van der Waals surface area contributed by atoms with E-state index in [4.69, 9.17) is 0 Å². The first kappa shape index (κ1) is 22.1. The van der Waals surface area contributed by atoms with Gasteiger partial charge in [-0.05, 0) is 48.4 Å². The average molecular weight is 455 g/mol. The Morgan fingerprint density at radius 2 is 2.00 bits per heavy atom. The monoisotopic (exact) mass is 454 g/mol. The smallest absolute Gasteiger partial charge is 0.276 e. The molecule has 0 fully saturated rings. The zero-order chi connectivity index (χ0) is 23.9. The van der Waals surface area contributed by atoms with Crippen LogP contribution in [0.3, 0.4) is 0 Å². The number of pyridine rings is 2. The molecule has 0 saturated heterocycles. The van der Waals surface area contributed by atoms with E-state index >= 15 is 0 Å². The van der Waals surface area contributed by atoms with E-state index in [0.29, 0.717) is 17.7 Å². The van der Waals surface area contributed by atoms with Crippen LogP contribution in [-0.4, -0.2) is 25.9 Å². The van der Waals surface area contributed by atoms with Crippen molar-refractivity contribution in [1.82, 2.24) is 24.6 Å². The Hall–Kier alpha value is -3.71. The number of nitrogens with zero attached hydrogens (tertiary/aromatic N) is 4. The second kappa shape index (κ2) is 8.57. The molecule has 2 N–H and O–H groups in total. The summed E-state index contributed by atoms with van der Waals surface area (Å²) in [5, 5.41) is 7.40. The summed E-state index contributed by atoms with van der Waals surface area (Å²) in [6.07, 6.45) is 6.20. The molecule has 0 spiro atoms. The van der Waals surface area contributed by atoms with Gasteiger partial charge in [-0.2, -0.15) is 0 Å². The highest BCUT2D eigenvalue weighted by Crippen LogP contribution is 2.26. The summed E-state index contributed by atoms with van der Waals surface area (Å²) in [5.41, 5.74) is 6.10. The lowest BCUT2D eigenvalue weighted by Gasteiger charge is -2.20. The lowest BCUT2D eigenvalue weighted by Crippen LogP contribution is -2.23. The molecule has 0 radical (unpaired) electrons. The van der Waals surface area contributed by atoms with Crippen LogP contribution >= 0.6 is 0 Å². The van der Waals surface area contributed by atoms with Crippen LogP contribution < -0.4 is 16.2 Å². The third kappa shape index (κ3) is 4.03. The van der Waals surface area contributed by atoms with E-state index in [1.54, 1.807) is 23.2 Å². The van der Waals surface area contributed by atoms with Crippen LogP contribution in [-0.2, 0) is 24.9 Å². The van der Waals surface area contributed by atoms with E-state index in [9.17, 15) is 4.79 Å². The maximum Gasteiger partial charge on any atom is 0.276 e. The van der Waals surface area contributed by atoms with Crippen LogP contribution in [0.25, 0.3) is 16.6 Å². The predicted octanol–water partition coefficient (Wildman–Crippen LogP) is 4.46. The maximum absolute atomic E-state index is 13.2. The molecule has 1 aliphatic rings. The van der Waals surface area contributed by atoms with Gasteiger partial charge in [0.1, 0.15) is 5.82 Å². The number of rotatable bonds is 5. The Kier molecular flexibility index (Phi) is 5.57. The Morgan fingerprint density at radius 1 is 1.15 bits per heavy atom. The number of hydrogen-bond acceptors (Lipinski definition) is 5. The summed E-state index contributed by atoms with van der Waals surface area (Å²) < 4.78 is 3.64. The second-order valence-electron chi connectivity index (χ2n) is 9.76. The summed E-state index contributed by atoms with van der Waals surface area (Å²) in [6, 6.07) is 12.3. The van der Waals surface area contributed by atoms with Gasteiger partial charge in [0.05, 0.1) is 23.1 Å². The highest BCUT2D eigenvalue weighted by molar-refractivity contribution is 5.83. The zero-order valence-electron chi connectivity index (χ0n) is 19.9. The molecule has 0 amide bonds. The second-order valence-corrected chi connectivity index (χ2v) is 9.76. The third-order valence-electron chi connectivity index (χ3n) is 6.24. The maximum atomic E-state index is 13.2. The van der Waals surface area contributed by atoms with Gasteiger partial charge in [-0.3, -0.25) is 9.78 Å². The van der Waals surface area contributed by atoms with E-state index in [1.807, 2.05) is 22.9 Å². The van der Waals surface area contributed by atoms with Crippen LogP contribution in [0, 0.1) is 0 Å².